The largest absolute Gasteiger partial charge is 0.493 e. The van der Waals surface area contributed by atoms with E-state index >= 15 is 0 Å². The van der Waals surface area contributed by atoms with Gasteiger partial charge in [-0.25, -0.2) is 0 Å². The quantitative estimate of drug-likeness (QED) is 0.847. The summed E-state index contributed by atoms with van der Waals surface area (Å²) in [6.45, 7) is 4.85. The molecule has 0 radical (unpaired) electrons. The van der Waals surface area contributed by atoms with Crippen LogP contribution >= 0.6 is 0 Å². The first-order chi connectivity index (χ1) is 9.06. The molecule has 0 spiro atoms. The van der Waals surface area contributed by atoms with Crippen LogP contribution in [0, 0.1) is 0 Å². The lowest BCUT2D eigenvalue weighted by molar-refractivity contribution is 0.0707. The first-order valence-corrected chi connectivity index (χ1v) is 6.28. The molecule has 1 rings (SSSR count). The summed E-state index contributed by atoms with van der Waals surface area (Å²) in [4.78, 5) is 14.3. The molecule has 0 saturated carbocycles. The minimum absolute atomic E-state index is 0.0759. The number of carbonyl (C=O) groups is 1. The molecule has 0 fully saturated rings. The van der Waals surface area contributed by atoms with Gasteiger partial charge in [0, 0.05) is 19.1 Å². The molecular weight excluding hydrogens is 244 g/mol. The molecule has 0 aromatic heterocycles. The van der Waals surface area contributed by atoms with Crippen LogP contribution in [-0.2, 0) is 0 Å². The van der Waals surface area contributed by atoms with E-state index in [1.165, 1.54) is 7.11 Å². The number of hydrogen-bond acceptors (Lipinski definition) is 4. The Balaban J connectivity index is 3.17. The van der Waals surface area contributed by atoms with Crippen molar-refractivity contribution in [2.24, 2.45) is 5.73 Å². The van der Waals surface area contributed by atoms with Crippen LogP contribution in [0.2, 0.25) is 0 Å². The second-order valence-electron chi connectivity index (χ2n) is 4.42. The number of para-hydroxylation sites is 1. The number of benzene rings is 1. The van der Waals surface area contributed by atoms with Crippen molar-refractivity contribution in [3.05, 3.63) is 23.8 Å². The predicted molar refractivity (Wildman–Crippen MR) is 74.8 cm³/mol. The van der Waals surface area contributed by atoms with Crippen LogP contribution in [0.25, 0.3) is 0 Å². The van der Waals surface area contributed by atoms with Gasteiger partial charge in [0.05, 0.1) is 19.8 Å². The highest BCUT2D eigenvalue weighted by Crippen LogP contribution is 2.31. The van der Waals surface area contributed by atoms with Gasteiger partial charge in [-0.05, 0) is 26.0 Å². The average molecular weight is 266 g/mol. The van der Waals surface area contributed by atoms with Crippen molar-refractivity contribution in [1.29, 1.82) is 0 Å². The Morgan fingerprint density at radius 1 is 1.32 bits per heavy atom. The Labute approximate surface area is 114 Å². The van der Waals surface area contributed by atoms with Gasteiger partial charge in [-0.15, -0.1) is 0 Å². The molecule has 5 heteroatoms. The molecule has 0 atom stereocenters. The zero-order valence-electron chi connectivity index (χ0n) is 12.0. The van der Waals surface area contributed by atoms with Crippen molar-refractivity contribution in [1.82, 2.24) is 4.90 Å². The van der Waals surface area contributed by atoms with Crippen molar-refractivity contribution in [2.45, 2.75) is 19.9 Å². The van der Waals surface area contributed by atoms with E-state index in [9.17, 15) is 4.79 Å². The number of ether oxygens (including phenoxy) is 2. The number of nitrogens with two attached hydrogens (primary N) is 1. The number of carbonyl (C=O) groups excluding carboxylic acids is 1. The molecule has 1 aromatic carbocycles. The summed E-state index contributed by atoms with van der Waals surface area (Å²) >= 11 is 0. The molecule has 2 N–H and O–H groups in total. The van der Waals surface area contributed by atoms with Crippen molar-refractivity contribution in [3.63, 3.8) is 0 Å². The van der Waals surface area contributed by atoms with Crippen LogP contribution in [0.4, 0.5) is 0 Å². The van der Waals surface area contributed by atoms with Gasteiger partial charge in [-0.1, -0.05) is 6.07 Å². The molecule has 5 nitrogen and oxygen atoms in total. The van der Waals surface area contributed by atoms with E-state index in [1.54, 1.807) is 30.2 Å². The van der Waals surface area contributed by atoms with E-state index in [-0.39, 0.29) is 11.9 Å². The Kier molecular flexibility index (Phi) is 5.63. The molecule has 106 valence electrons. The average Bonchev–Trinajstić information content (AvgIpc) is 2.42. The second-order valence-corrected chi connectivity index (χ2v) is 4.42. The van der Waals surface area contributed by atoms with E-state index in [1.807, 2.05) is 13.8 Å². The van der Waals surface area contributed by atoms with Gasteiger partial charge in [0.15, 0.2) is 11.5 Å². The third kappa shape index (κ3) is 3.38. The predicted octanol–water partition coefficient (Wildman–Crippen LogP) is 1.51. The summed E-state index contributed by atoms with van der Waals surface area (Å²) in [5.74, 6) is 0.902. The fourth-order valence-electron chi connectivity index (χ4n) is 1.94. The van der Waals surface area contributed by atoms with E-state index in [0.717, 1.165) is 0 Å². The monoisotopic (exact) mass is 266 g/mol. The van der Waals surface area contributed by atoms with Crippen LogP contribution in [0.3, 0.4) is 0 Å². The molecule has 0 aliphatic carbocycles. The maximum Gasteiger partial charge on any atom is 0.258 e. The fourth-order valence-corrected chi connectivity index (χ4v) is 1.94. The van der Waals surface area contributed by atoms with Gasteiger partial charge in [0.1, 0.15) is 0 Å². The topological polar surface area (TPSA) is 64.8 Å². The second kappa shape index (κ2) is 6.99. The first-order valence-electron chi connectivity index (χ1n) is 6.28. The SMILES string of the molecule is COc1cccc(C(=O)N(CCN)C(C)C)c1OC. The fraction of sp³-hybridized carbons (Fsp3) is 0.500. The zero-order chi connectivity index (χ0) is 14.4. The van der Waals surface area contributed by atoms with Crippen LogP contribution in [0.5, 0.6) is 11.5 Å². The Morgan fingerprint density at radius 3 is 2.47 bits per heavy atom. The van der Waals surface area contributed by atoms with Crippen molar-refractivity contribution in [3.8, 4) is 11.5 Å². The molecule has 0 heterocycles. The van der Waals surface area contributed by atoms with Crippen LogP contribution in [0.15, 0.2) is 18.2 Å². The maximum atomic E-state index is 12.6. The molecule has 19 heavy (non-hydrogen) atoms. The summed E-state index contributed by atoms with van der Waals surface area (Å²) in [6.07, 6.45) is 0. The summed E-state index contributed by atoms with van der Waals surface area (Å²) in [5.41, 5.74) is 6.05. The van der Waals surface area contributed by atoms with Crippen molar-refractivity contribution < 1.29 is 14.3 Å². The lowest BCUT2D eigenvalue weighted by Gasteiger charge is -2.27. The lowest BCUT2D eigenvalue weighted by atomic mass is 10.1. The minimum Gasteiger partial charge on any atom is -0.493 e. The van der Waals surface area contributed by atoms with Gasteiger partial charge in [0.2, 0.25) is 0 Å². The molecule has 0 aliphatic rings. The van der Waals surface area contributed by atoms with E-state index in [2.05, 4.69) is 0 Å². The minimum atomic E-state index is -0.101. The third-order valence-electron chi connectivity index (χ3n) is 2.89. The van der Waals surface area contributed by atoms with Crippen LogP contribution < -0.4 is 15.2 Å². The molecular formula is C14H22N2O3. The number of rotatable bonds is 6. The number of nitrogens with zero attached hydrogens (tertiary/aromatic N) is 1. The highest BCUT2D eigenvalue weighted by Gasteiger charge is 2.23. The van der Waals surface area contributed by atoms with E-state index in [4.69, 9.17) is 15.2 Å². The number of methoxy groups -OCH3 is 2. The maximum absolute atomic E-state index is 12.6. The highest BCUT2D eigenvalue weighted by atomic mass is 16.5. The summed E-state index contributed by atoms with van der Waals surface area (Å²) < 4.78 is 10.5. The molecule has 1 aromatic rings. The Bertz CT molecular complexity index is 433. The normalized spacial score (nSPS) is 10.4. The summed E-state index contributed by atoms with van der Waals surface area (Å²) in [7, 11) is 3.07. The Hall–Kier alpha value is -1.75. The molecule has 1 amide bonds. The molecule has 0 unspecified atom stereocenters. The smallest absolute Gasteiger partial charge is 0.258 e. The highest BCUT2D eigenvalue weighted by molar-refractivity contribution is 5.98. The molecule has 0 aliphatic heterocycles. The van der Waals surface area contributed by atoms with Gasteiger partial charge in [0.25, 0.3) is 5.91 Å². The number of hydrogen-bond donors (Lipinski definition) is 1. The van der Waals surface area contributed by atoms with Gasteiger partial charge in [-0.2, -0.15) is 0 Å². The van der Waals surface area contributed by atoms with Crippen molar-refractivity contribution >= 4 is 5.91 Å². The summed E-state index contributed by atoms with van der Waals surface area (Å²) in [5, 5.41) is 0. The number of amides is 1. The van der Waals surface area contributed by atoms with Crippen LogP contribution in [-0.4, -0.2) is 44.2 Å². The zero-order valence-corrected chi connectivity index (χ0v) is 12.0. The third-order valence-corrected chi connectivity index (χ3v) is 2.89. The lowest BCUT2D eigenvalue weighted by Crippen LogP contribution is -2.40. The van der Waals surface area contributed by atoms with Crippen molar-refractivity contribution in [2.75, 3.05) is 27.3 Å². The Morgan fingerprint density at radius 2 is 2.00 bits per heavy atom. The first kappa shape index (κ1) is 15.3. The van der Waals surface area contributed by atoms with Crippen LogP contribution in [0.1, 0.15) is 24.2 Å². The van der Waals surface area contributed by atoms with E-state index in [0.29, 0.717) is 30.2 Å². The summed E-state index contributed by atoms with van der Waals surface area (Å²) in [6, 6.07) is 5.34. The van der Waals surface area contributed by atoms with Gasteiger partial charge < -0.3 is 20.1 Å². The molecule has 0 saturated heterocycles. The van der Waals surface area contributed by atoms with Gasteiger partial charge >= 0.3 is 0 Å². The van der Waals surface area contributed by atoms with Gasteiger partial charge in [-0.3, -0.25) is 4.79 Å². The van der Waals surface area contributed by atoms with E-state index < -0.39 is 0 Å². The standard InChI is InChI=1S/C14H22N2O3/c1-10(2)16(9-8-15)14(17)11-6-5-7-12(18-3)13(11)19-4/h5-7,10H,8-9,15H2,1-4H3. The molecule has 0 bridgehead atoms.